The summed E-state index contributed by atoms with van der Waals surface area (Å²) in [4.78, 5) is 2.70. The van der Waals surface area contributed by atoms with Gasteiger partial charge in [-0.05, 0) is 48.7 Å². The van der Waals surface area contributed by atoms with E-state index in [0.29, 0.717) is 18.3 Å². The normalized spacial score (nSPS) is 18.3. The highest BCUT2D eigenvalue weighted by molar-refractivity contribution is 7.89. The number of benzene rings is 2. The number of rotatable bonds is 7. The second-order valence-corrected chi connectivity index (χ2v) is 8.96. The number of likely N-dealkylation sites (tertiary alicyclic amines) is 1. The Balaban J connectivity index is 1.47. The molecule has 2 aromatic carbocycles. The summed E-state index contributed by atoms with van der Waals surface area (Å²) in [7, 11) is -0.338. The van der Waals surface area contributed by atoms with Crippen LogP contribution in [0.25, 0.3) is 0 Å². The highest BCUT2D eigenvalue weighted by Crippen LogP contribution is 2.26. The fraction of sp³-hybridized carbons (Fsp3) is 0.400. The number of ether oxygens (including phenoxy) is 1. The zero-order chi connectivity index (χ0) is 18.6. The lowest BCUT2D eigenvalue weighted by atomic mass is 9.99. The maximum Gasteiger partial charge on any atom is 0.242 e. The largest absolute Gasteiger partial charge is 0.492 e. The van der Waals surface area contributed by atoms with E-state index in [1.807, 2.05) is 0 Å². The van der Waals surface area contributed by atoms with Gasteiger partial charge in [-0.25, -0.2) is 12.7 Å². The first-order valence-electron chi connectivity index (χ1n) is 8.89. The van der Waals surface area contributed by atoms with Gasteiger partial charge in [0.2, 0.25) is 10.0 Å². The molecular formula is C20H26N2O3S. The van der Waals surface area contributed by atoms with Gasteiger partial charge in [-0.15, -0.1) is 0 Å². The van der Waals surface area contributed by atoms with E-state index in [9.17, 15) is 8.42 Å². The molecule has 0 unspecified atom stereocenters. The van der Waals surface area contributed by atoms with Crippen LogP contribution in [0.15, 0.2) is 59.5 Å². The Labute approximate surface area is 156 Å². The standard InChI is InChI=1S/C20H26N2O3S/c1-21(2)26(23,24)20-10-8-19(9-11-20)25-15-14-22-13-12-18(16-22)17-6-4-3-5-7-17/h3-11,18H,12-16H2,1-2H3/t18-/m1/s1. The summed E-state index contributed by atoms with van der Waals surface area (Å²) >= 11 is 0. The zero-order valence-corrected chi connectivity index (χ0v) is 16.2. The number of hydrogen-bond acceptors (Lipinski definition) is 4. The van der Waals surface area contributed by atoms with Crippen molar-refractivity contribution in [1.29, 1.82) is 0 Å². The van der Waals surface area contributed by atoms with Crippen LogP contribution in [0.3, 0.4) is 0 Å². The first kappa shape index (κ1) is 18.9. The van der Waals surface area contributed by atoms with Crippen LogP contribution in [0.1, 0.15) is 17.9 Å². The van der Waals surface area contributed by atoms with Crippen molar-refractivity contribution < 1.29 is 13.2 Å². The van der Waals surface area contributed by atoms with Crippen molar-refractivity contribution in [3.8, 4) is 5.75 Å². The fourth-order valence-electron chi connectivity index (χ4n) is 3.24. The first-order valence-corrected chi connectivity index (χ1v) is 10.3. The van der Waals surface area contributed by atoms with Crippen LogP contribution in [0.2, 0.25) is 0 Å². The van der Waals surface area contributed by atoms with Gasteiger partial charge in [0.25, 0.3) is 0 Å². The molecule has 6 heteroatoms. The number of sulfonamides is 1. The molecular weight excluding hydrogens is 348 g/mol. The van der Waals surface area contributed by atoms with Crippen LogP contribution in [-0.2, 0) is 10.0 Å². The first-order chi connectivity index (χ1) is 12.5. The Bertz CT molecular complexity index is 805. The summed E-state index contributed by atoms with van der Waals surface area (Å²) in [5.74, 6) is 1.30. The smallest absolute Gasteiger partial charge is 0.242 e. The lowest BCUT2D eigenvalue weighted by Crippen LogP contribution is -2.26. The second kappa shape index (κ2) is 8.20. The number of hydrogen-bond donors (Lipinski definition) is 0. The van der Waals surface area contributed by atoms with Gasteiger partial charge in [0, 0.05) is 27.2 Å². The van der Waals surface area contributed by atoms with Crippen molar-refractivity contribution in [3.63, 3.8) is 0 Å². The minimum Gasteiger partial charge on any atom is -0.492 e. The van der Waals surface area contributed by atoms with Crippen LogP contribution in [0, 0.1) is 0 Å². The zero-order valence-electron chi connectivity index (χ0n) is 15.3. The minimum atomic E-state index is -3.39. The van der Waals surface area contributed by atoms with Gasteiger partial charge >= 0.3 is 0 Å². The molecule has 1 atom stereocenters. The van der Waals surface area contributed by atoms with Crippen LogP contribution in [-0.4, -0.2) is 58.0 Å². The molecule has 1 aliphatic heterocycles. The van der Waals surface area contributed by atoms with Crippen molar-refractivity contribution >= 4 is 10.0 Å². The molecule has 1 aliphatic rings. The maximum absolute atomic E-state index is 12.1. The predicted molar refractivity (Wildman–Crippen MR) is 103 cm³/mol. The summed E-state index contributed by atoms with van der Waals surface area (Å²) in [6, 6.07) is 17.3. The molecule has 1 heterocycles. The van der Waals surface area contributed by atoms with Gasteiger partial charge in [-0.3, -0.25) is 4.90 Å². The summed E-state index contributed by atoms with van der Waals surface area (Å²) < 4.78 is 31.1. The summed E-state index contributed by atoms with van der Waals surface area (Å²) in [6.07, 6.45) is 1.18. The van der Waals surface area contributed by atoms with Crippen molar-refractivity contribution in [2.75, 3.05) is 40.3 Å². The van der Waals surface area contributed by atoms with Crippen molar-refractivity contribution in [3.05, 3.63) is 60.2 Å². The maximum atomic E-state index is 12.1. The van der Waals surface area contributed by atoms with Crippen LogP contribution >= 0.6 is 0 Å². The Hall–Kier alpha value is -1.89. The van der Waals surface area contributed by atoms with E-state index in [-0.39, 0.29) is 4.90 Å². The molecule has 0 radical (unpaired) electrons. The van der Waals surface area contributed by atoms with Gasteiger partial charge in [0.05, 0.1) is 4.90 Å². The van der Waals surface area contributed by atoms with Crippen molar-refractivity contribution in [1.82, 2.24) is 9.21 Å². The van der Waals surface area contributed by atoms with E-state index in [4.69, 9.17) is 4.74 Å². The lowest BCUT2D eigenvalue weighted by Gasteiger charge is -2.17. The molecule has 0 spiro atoms. The number of nitrogens with zero attached hydrogens (tertiary/aromatic N) is 2. The van der Waals surface area contributed by atoms with Gasteiger partial charge in [0.15, 0.2) is 0 Å². The molecule has 0 bridgehead atoms. The van der Waals surface area contributed by atoms with E-state index in [1.54, 1.807) is 24.3 Å². The van der Waals surface area contributed by atoms with Gasteiger partial charge in [0.1, 0.15) is 12.4 Å². The molecule has 3 rings (SSSR count). The van der Waals surface area contributed by atoms with Gasteiger partial charge < -0.3 is 4.74 Å². The second-order valence-electron chi connectivity index (χ2n) is 6.80. The predicted octanol–water partition coefficient (Wildman–Crippen LogP) is 2.81. The monoisotopic (exact) mass is 374 g/mol. The van der Waals surface area contributed by atoms with Gasteiger partial charge in [-0.1, -0.05) is 30.3 Å². The molecule has 26 heavy (non-hydrogen) atoms. The quantitative estimate of drug-likeness (QED) is 0.748. The van der Waals surface area contributed by atoms with Crippen LogP contribution in [0.5, 0.6) is 5.75 Å². The molecule has 1 saturated heterocycles. The van der Waals surface area contributed by atoms with Gasteiger partial charge in [-0.2, -0.15) is 0 Å². The lowest BCUT2D eigenvalue weighted by molar-refractivity contribution is 0.236. The Kier molecular flexibility index (Phi) is 5.96. The van der Waals surface area contributed by atoms with Crippen molar-refractivity contribution in [2.24, 2.45) is 0 Å². The Morgan fingerprint density at radius 3 is 2.42 bits per heavy atom. The van der Waals surface area contributed by atoms with E-state index < -0.39 is 10.0 Å². The molecule has 5 nitrogen and oxygen atoms in total. The fourth-order valence-corrected chi connectivity index (χ4v) is 4.15. The van der Waals surface area contributed by atoms with Crippen LogP contribution in [0.4, 0.5) is 0 Å². The summed E-state index contributed by atoms with van der Waals surface area (Å²) in [5.41, 5.74) is 1.41. The molecule has 2 aromatic rings. The molecule has 0 aromatic heterocycles. The van der Waals surface area contributed by atoms with Crippen LogP contribution < -0.4 is 4.74 Å². The summed E-state index contributed by atoms with van der Waals surface area (Å²) in [6.45, 7) is 3.62. The third-order valence-corrected chi connectivity index (χ3v) is 6.65. The highest BCUT2D eigenvalue weighted by Gasteiger charge is 2.23. The molecule has 0 N–H and O–H groups in total. The van der Waals surface area contributed by atoms with Crippen molar-refractivity contribution in [2.45, 2.75) is 17.2 Å². The molecule has 0 amide bonds. The average molecular weight is 375 g/mol. The third kappa shape index (κ3) is 4.44. The molecule has 140 valence electrons. The average Bonchev–Trinajstić information content (AvgIpc) is 3.12. The molecule has 1 fully saturated rings. The van der Waals surface area contributed by atoms with E-state index >= 15 is 0 Å². The van der Waals surface area contributed by atoms with E-state index in [2.05, 4.69) is 35.2 Å². The Morgan fingerprint density at radius 1 is 1.08 bits per heavy atom. The SMILES string of the molecule is CN(C)S(=O)(=O)c1ccc(OCCN2CC[C@@H](c3ccccc3)C2)cc1. The van der Waals surface area contributed by atoms with E-state index in [0.717, 1.165) is 19.6 Å². The highest BCUT2D eigenvalue weighted by atomic mass is 32.2. The molecule has 0 saturated carbocycles. The Morgan fingerprint density at radius 2 is 1.77 bits per heavy atom. The van der Waals surface area contributed by atoms with E-state index in [1.165, 1.54) is 30.4 Å². The molecule has 0 aliphatic carbocycles. The third-order valence-electron chi connectivity index (χ3n) is 4.82. The topological polar surface area (TPSA) is 49.9 Å². The summed E-state index contributed by atoms with van der Waals surface area (Å²) in [5, 5.41) is 0. The minimum absolute atomic E-state index is 0.278.